The molecule has 0 heterocycles. The van der Waals surface area contributed by atoms with Gasteiger partial charge in [-0.1, -0.05) is 26.0 Å². The van der Waals surface area contributed by atoms with E-state index in [1.807, 2.05) is 0 Å². The molecule has 12 nitrogen and oxygen atoms in total. The Kier molecular flexibility index (Phi) is 11.5. The van der Waals surface area contributed by atoms with Crippen LogP contribution in [0.1, 0.15) is 38.7 Å². The van der Waals surface area contributed by atoms with Crippen LogP contribution in [0.5, 0.6) is 5.75 Å². The molecular formula is C22H32N4O8. The van der Waals surface area contributed by atoms with Gasteiger partial charge in [0.2, 0.25) is 17.7 Å². The van der Waals surface area contributed by atoms with Crippen molar-refractivity contribution in [2.75, 3.05) is 6.54 Å². The minimum Gasteiger partial charge on any atom is -0.508 e. The maximum atomic E-state index is 13.0. The number of amides is 3. The van der Waals surface area contributed by atoms with Crippen LogP contribution in [0.3, 0.4) is 0 Å². The normalized spacial score (nSPS) is 13.4. The van der Waals surface area contributed by atoms with Crippen LogP contribution in [0.15, 0.2) is 24.3 Å². The summed E-state index contributed by atoms with van der Waals surface area (Å²) in [5, 5.41) is 35.1. The Hall–Kier alpha value is -3.67. The van der Waals surface area contributed by atoms with Crippen LogP contribution in [-0.4, -0.2) is 69.7 Å². The van der Waals surface area contributed by atoms with Crippen LogP contribution in [0.2, 0.25) is 0 Å². The van der Waals surface area contributed by atoms with Crippen LogP contribution in [0.25, 0.3) is 0 Å². The van der Waals surface area contributed by atoms with Crippen LogP contribution < -0.4 is 21.7 Å². The first-order chi connectivity index (χ1) is 15.9. The molecule has 3 atom stereocenters. The van der Waals surface area contributed by atoms with E-state index in [0.29, 0.717) is 5.56 Å². The molecule has 188 valence electrons. The number of phenolic OH excluding ortho intramolecular Hbond substituents is 1. The van der Waals surface area contributed by atoms with Crippen molar-refractivity contribution in [3.8, 4) is 5.75 Å². The van der Waals surface area contributed by atoms with Crippen molar-refractivity contribution in [1.29, 1.82) is 0 Å². The van der Waals surface area contributed by atoms with Gasteiger partial charge in [0, 0.05) is 12.8 Å². The lowest BCUT2D eigenvalue weighted by atomic mass is 10.0. The molecule has 3 unspecified atom stereocenters. The summed E-state index contributed by atoms with van der Waals surface area (Å²) in [5.74, 6) is -4.72. The van der Waals surface area contributed by atoms with E-state index in [-0.39, 0.29) is 30.9 Å². The molecule has 12 heteroatoms. The van der Waals surface area contributed by atoms with Crippen LogP contribution >= 0.6 is 0 Å². The zero-order valence-corrected chi connectivity index (χ0v) is 19.1. The number of benzene rings is 1. The quantitative estimate of drug-likeness (QED) is 0.180. The maximum absolute atomic E-state index is 13.0. The van der Waals surface area contributed by atoms with Gasteiger partial charge in [0.25, 0.3) is 0 Å². The lowest BCUT2D eigenvalue weighted by Gasteiger charge is -2.25. The van der Waals surface area contributed by atoms with E-state index in [9.17, 15) is 34.2 Å². The fourth-order valence-electron chi connectivity index (χ4n) is 3.10. The van der Waals surface area contributed by atoms with Crippen LogP contribution in [-0.2, 0) is 30.4 Å². The third-order valence-corrected chi connectivity index (χ3v) is 4.81. The second kappa shape index (κ2) is 13.8. The number of rotatable bonds is 14. The lowest BCUT2D eigenvalue weighted by Crippen LogP contribution is -2.57. The topological polar surface area (TPSA) is 208 Å². The average molecular weight is 481 g/mol. The average Bonchev–Trinajstić information content (AvgIpc) is 2.76. The van der Waals surface area contributed by atoms with Gasteiger partial charge in [-0.3, -0.25) is 19.2 Å². The SMILES string of the molecule is CC(C)CC(NC(=O)C(Cc1ccc(O)cc1)NC(=O)C(CCC(=O)O)NC(=O)CN)C(=O)O. The van der Waals surface area contributed by atoms with Crippen LogP contribution in [0.4, 0.5) is 0 Å². The molecule has 0 spiro atoms. The molecule has 0 saturated carbocycles. The number of phenols is 1. The number of carbonyl (C=O) groups is 5. The van der Waals surface area contributed by atoms with Gasteiger partial charge in [0.1, 0.15) is 23.9 Å². The summed E-state index contributed by atoms with van der Waals surface area (Å²) in [6, 6.07) is 2.14. The van der Waals surface area contributed by atoms with Gasteiger partial charge >= 0.3 is 11.9 Å². The van der Waals surface area contributed by atoms with Crippen molar-refractivity contribution in [2.45, 2.75) is 57.7 Å². The first-order valence-electron chi connectivity index (χ1n) is 10.8. The Labute approximate surface area is 196 Å². The Morgan fingerprint density at radius 2 is 1.44 bits per heavy atom. The largest absolute Gasteiger partial charge is 0.508 e. The summed E-state index contributed by atoms with van der Waals surface area (Å²) in [4.78, 5) is 60.1. The molecule has 34 heavy (non-hydrogen) atoms. The third kappa shape index (κ3) is 10.3. The first-order valence-corrected chi connectivity index (χ1v) is 10.8. The van der Waals surface area contributed by atoms with Crippen LogP contribution in [0, 0.1) is 5.92 Å². The minimum atomic E-state index is -1.27. The molecular weight excluding hydrogens is 448 g/mol. The number of carbonyl (C=O) groups excluding carboxylic acids is 3. The Bertz CT molecular complexity index is 872. The molecule has 0 aliphatic heterocycles. The minimum absolute atomic E-state index is 0.00473. The predicted molar refractivity (Wildman–Crippen MR) is 121 cm³/mol. The summed E-state index contributed by atoms with van der Waals surface area (Å²) in [6.07, 6.45) is -0.560. The predicted octanol–water partition coefficient (Wildman–Crippen LogP) is -0.657. The fraction of sp³-hybridized carbons (Fsp3) is 0.500. The Morgan fingerprint density at radius 1 is 0.882 bits per heavy atom. The highest BCUT2D eigenvalue weighted by Crippen LogP contribution is 2.13. The number of aromatic hydroxyl groups is 1. The van der Waals surface area contributed by atoms with E-state index < -0.39 is 60.8 Å². The highest BCUT2D eigenvalue weighted by atomic mass is 16.4. The van der Waals surface area contributed by atoms with Gasteiger partial charge in [-0.15, -0.1) is 0 Å². The fourth-order valence-corrected chi connectivity index (χ4v) is 3.10. The second-order valence-electron chi connectivity index (χ2n) is 8.22. The molecule has 0 radical (unpaired) electrons. The number of hydrogen-bond acceptors (Lipinski definition) is 7. The maximum Gasteiger partial charge on any atom is 0.326 e. The monoisotopic (exact) mass is 480 g/mol. The molecule has 8 N–H and O–H groups in total. The molecule has 1 aromatic carbocycles. The number of carboxylic acid groups (broad SMARTS) is 2. The van der Waals surface area contributed by atoms with E-state index in [4.69, 9.17) is 10.8 Å². The summed E-state index contributed by atoms with van der Waals surface area (Å²) in [7, 11) is 0. The standard InChI is InChI=1S/C22H32N4O8/c1-12(2)9-17(22(33)34)26-21(32)16(10-13-3-5-14(27)6-4-13)25-20(31)15(7-8-19(29)30)24-18(28)11-23/h3-6,12,15-17,27H,7-11,23H2,1-2H3,(H,24,28)(H,25,31)(H,26,32)(H,29,30)(H,33,34). The Morgan fingerprint density at radius 3 is 1.94 bits per heavy atom. The van der Waals surface area contributed by atoms with Gasteiger partial charge < -0.3 is 37.0 Å². The van der Waals surface area contributed by atoms with Crippen molar-refractivity contribution in [3.63, 3.8) is 0 Å². The molecule has 0 aromatic heterocycles. The second-order valence-corrected chi connectivity index (χ2v) is 8.22. The van der Waals surface area contributed by atoms with Gasteiger partial charge in [-0.05, 0) is 36.5 Å². The highest BCUT2D eigenvalue weighted by Gasteiger charge is 2.30. The van der Waals surface area contributed by atoms with E-state index in [0.717, 1.165) is 0 Å². The molecule has 0 aliphatic rings. The van der Waals surface area contributed by atoms with Gasteiger partial charge in [0.15, 0.2) is 0 Å². The lowest BCUT2D eigenvalue weighted by molar-refractivity contribution is -0.142. The number of nitrogens with two attached hydrogens (primary N) is 1. The first kappa shape index (κ1) is 28.4. The van der Waals surface area contributed by atoms with E-state index in [1.54, 1.807) is 13.8 Å². The van der Waals surface area contributed by atoms with Crippen molar-refractivity contribution in [1.82, 2.24) is 16.0 Å². The molecule has 0 saturated heterocycles. The molecule has 0 fully saturated rings. The van der Waals surface area contributed by atoms with Crippen molar-refractivity contribution in [2.24, 2.45) is 11.7 Å². The van der Waals surface area contributed by atoms with Crippen molar-refractivity contribution < 1.29 is 39.3 Å². The summed E-state index contributed by atoms with van der Waals surface area (Å²) < 4.78 is 0. The highest BCUT2D eigenvalue weighted by molar-refractivity contribution is 5.94. The van der Waals surface area contributed by atoms with E-state index >= 15 is 0 Å². The van der Waals surface area contributed by atoms with Crippen molar-refractivity contribution >= 4 is 29.7 Å². The third-order valence-electron chi connectivity index (χ3n) is 4.81. The number of aliphatic carboxylic acids is 2. The number of nitrogens with one attached hydrogen (secondary N) is 3. The summed E-state index contributed by atoms with van der Waals surface area (Å²) in [5.41, 5.74) is 5.82. The summed E-state index contributed by atoms with van der Waals surface area (Å²) >= 11 is 0. The molecule has 0 bridgehead atoms. The zero-order valence-electron chi connectivity index (χ0n) is 19.1. The summed E-state index contributed by atoms with van der Waals surface area (Å²) in [6.45, 7) is 3.17. The van der Waals surface area contributed by atoms with Gasteiger partial charge in [-0.2, -0.15) is 0 Å². The van der Waals surface area contributed by atoms with Crippen molar-refractivity contribution in [3.05, 3.63) is 29.8 Å². The van der Waals surface area contributed by atoms with E-state index in [1.165, 1.54) is 24.3 Å². The number of carboxylic acids is 2. The Balaban J connectivity index is 3.13. The molecule has 3 amide bonds. The number of hydrogen-bond donors (Lipinski definition) is 7. The smallest absolute Gasteiger partial charge is 0.326 e. The zero-order chi connectivity index (χ0) is 25.8. The molecule has 1 aromatic rings. The molecule has 1 rings (SSSR count). The van der Waals surface area contributed by atoms with Gasteiger partial charge in [-0.25, -0.2) is 4.79 Å². The van der Waals surface area contributed by atoms with Gasteiger partial charge in [0.05, 0.1) is 6.54 Å². The molecule has 0 aliphatic carbocycles. The van der Waals surface area contributed by atoms with E-state index in [2.05, 4.69) is 16.0 Å².